The van der Waals surface area contributed by atoms with E-state index in [0.29, 0.717) is 35.1 Å². The number of aromatic nitrogens is 1. The Morgan fingerprint density at radius 3 is 2.42 bits per heavy atom. The van der Waals surface area contributed by atoms with Crippen molar-refractivity contribution < 1.29 is 19.0 Å². The number of amides is 1. The lowest BCUT2D eigenvalue weighted by molar-refractivity contribution is -0.131. The first kappa shape index (κ1) is 21.9. The monoisotopic (exact) mass is 444 g/mol. The molecule has 7 heteroatoms. The van der Waals surface area contributed by atoms with Crippen molar-refractivity contribution in [2.75, 3.05) is 27.9 Å². The van der Waals surface area contributed by atoms with Crippen LogP contribution in [-0.4, -0.2) is 49.7 Å². The van der Waals surface area contributed by atoms with Crippen LogP contribution in [0.25, 0.3) is 10.6 Å². The predicted molar refractivity (Wildman–Crippen MR) is 122 cm³/mol. The SMILES string of the molecule is COc1cc(-c2nc(CC(=O)N3C[C@@]4(C)C[C@H]3CC(C)(C)C4)cs2)cc(OC)c1OC. The minimum absolute atomic E-state index is 0.188. The van der Waals surface area contributed by atoms with Crippen LogP contribution in [0.1, 0.15) is 45.7 Å². The van der Waals surface area contributed by atoms with Crippen LogP contribution in [0.2, 0.25) is 0 Å². The first-order valence-corrected chi connectivity index (χ1v) is 11.6. The predicted octanol–water partition coefficient (Wildman–Crippen LogP) is 4.81. The van der Waals surface area contributed by atoms with Crippen molar-refractivity contribution in [1.29, 1.82) is 0 Å². The molecule has 2 fully saturated rings. The third kappa shape index (κ3) is 4.25. The van der Waals surface area contributed by atoms with Crippen molar-refractivity contribution in [2.24, 2.45) is 10.8 Å². The van der Waals surface area contributed by atoms with Gasteiger partial charge in [0.15, 0.2) is 11.5 Å². The lowest BCUT2D eigenvalue weighted by Gasteiger charge is -2.39. The Hall–Kier alpha value is -2.28. The maximum absolute atomic E-state index is 13.2. The zero-order valence-electron chi connectivity index (χ0n) is 19.3. The number of thiazole rings is 1. The largest absolute Gasteiger partial charge is 0.493 e. The summed E-state index contributed by atoms with van der Waals surface area (Å²) in [5.74, 6) is 1.92. The summed E-state index contributed by atoms with van der Waals surface area (Å²) in [6.45, 7) is 7.86. The van der Waals surface area contributed by atoms with Gasteiger partial charge in [-0.1, -0.05) is 20.8 Å². The van der Waals surface area contributed by atoms with Gasteiger partial charge in [0.05, 0.1) is 33.4 Å². The Labute approximate surface area is 188 Å². The molecule has 1 amide bonds. The van der Waals surface area contributed by atoms with Crippen LogP contribution in [0.5, 0.6) is 17.2 Å². The quantitative estimate of drug-likeness (QED) is 0.640. The summed E-state index contributed by atoms with van der Waals surface area (Å²) in [6, 6.07) is 4.13. The number of hydrogen-bond acceptors (Lipinski definition) is 6. The van der Waals surface area contributed by atoms with E-state index in [2.05, 4.69) is 25.7 Å². The zero-order valence-corrected chi connectivity index (χ0v) is 20.1. The van der Waals surface area contributed by atoms with Gasteiger partial charge in [-0.25, -0.2) is 4.98 Å². The van der Waals surface area contributed by atoms with E-state index < -0.39 is 0 Å². The lowest BCUT2D eigenvalue weighted by Crippen LogP contribution is -2.38. The summed E-state index contributed by atoms with van der Waals surface area (Å²) in [6.07, 6.45) is 3.73. The molecule has 2 heterocycles. The molecule has 31 heavy (non-hydrogen) atoms. The fourth-order valence-electron chi connectivity index (χ4n) is 5.73. The van der Waals surface area contributed by atoms with E-state index in [-0.39, 0.29) is 11.3 Å². The van der Waals surface area contributed by atoms with Gasteiger partial charge < -0.3 is 19.1 Å². The third-order valence-corrected chi connectivity index (χ3v) is 7.47. The second-order valence-electron chi connectivity index (χ2n) is 9.97. The van der Waals surface area contributed by atoms with Gasteiger partial charge >= 0.3 is 0 Å². The third-order valence-electron chi connectivity index (χ3n) is 6.53. The molecular weight excluding hydrogens is 412 g/mol. The molecule has 1 saturated carbocycles. The minimum Gasteiger partial charge on any atom is -0.493 e. The van der Waals surface area contributed by atoms with Crippen molar-refractivity contribution in [1.82, 2.24) is 9.88 Å². The Kier molecular flexibility index (Phi) is 5.66. The Morgan fingerprint density at radius 2 is 1.81 bits per heavy atom. The molecule has 168 valence electrons. The molecule has 2 bridgehead atoms. The van der Waals surface area contributed by atoms with Gasteiger partial charge in [-0.2, -0.15) is 0 Å². The van der Waals surface area contributed by atoms with Gasteiger partial charge in [0.2, 0.25) is 11.7 Å². The Bertz CT molecular complexity index is 961. The summed E-state index contributed by atoms with van der Waals surface area (Å²) in [5.41, 5.74) is 2.23. The zero-order chi connectivity index (χ0) is 22.4. The molecule has 1 saturated heterocycles. The molecule has 0 radical (unpaired) electrons. The first-order valence-electron chi connectivity index (χ1n) is 10.7. The van der Waals surface area contributed by atoms with E-state index in [1.165, 1.54) is 17.8 Å². The maximum Gasteiger partial charge on any atom is 0.228 e. The minimum atomic E-state index is 0.188. The molecule has 4 rings (SSSR count). The number of nitrogens with zero attached hydrogens (tertiary/aromatic N) is 2. The van der Waals surface area contributed by atoms with Crippen LogP contribution in [0.4, 0.5) is 0 Å². The number of fused-ring (bicyclic) bond motifs is 2. The van der Waals surface area contributed by atoms with Gasteiger partial charge in [0, 0.05) is 23.5 Å². The van der Waals surface area contributed by atoms with Crippen molar-refractivity contribution in [2.45, 2.75) is 52.5 Å². The first-order chi connectivity index (χ1) is 14.7. The maximum atomic E-state index is 13.2. The van der Waals surface area contributed by atoms with Gasteiger partial charge in [-0.05, 0) is 42.2 Å². The number of likely N-dealkylation sites (tertiary alicyclic amines) is 1. The standard InChI is InChI=1S/C24H32N2O4S/c1-23(2)10-17-11-24(3,13-23)14-26(17)20(27)9-16-12-31-22(25-16)15-7-18(28-4)21(30-6)19(8-15)29-5/h7-8,12,17H,9-11,13-14H2,1-6H3/t17-,24+/m1/s1. The van der Waals surface area contributed by atoms with Gasteiger partial charge in [-0.3, -0.25) is 4.79 Å². The van der Waals surface area contributed by atoms with Crippen LogP contribution in [0.3, 0.4) is 0 Å². The molecule has 2 aromatic rings. The molecular formula is C24H32N2O4S. The van der Waals surface area contributed by atoms with Crippen molar-refractivity contribution in [3.63, 3.8) is 0 Å². The van der Waals surface area contributed by atoms with E-state index in [1.807, 2.05) is 17.5 Å². The number of ether oxygens (including phenoxy) is 3. The summed E-state index contributed by atoms with van der Waals surface area (Å²) in [5, 5.41) is 2.81. The smallest absolute Gasteiger partial charge is 0.228 e. The van der Waals surface area contributed by atoms with Crippen LogP contribution < -0.4 is 14.2 Å². The lowest BCUT2D eigenvalue weighted by atomic mass is 9.65. The van der Waals surface area contributed by atoms with Crippen LogP contribution in [0, 0.1) is 10.8 Å². The Balaban J connectivity index is 1.52. The highest BCUT2D eigenvalue weighted by molar-refractivity contribution is 7.13. The topological polar surface area (TPSA) is 60.9 Å². The summed E-state index contributed by atoms with van der Waals surface area (Å²) in [4.78, 5) is 20.0. The van der Waals surface area contributed by atoms with E-state index in [1.54, 1.807) is 21.3 Å². The number of rotatable bonds is 6. The van der Waals surface area contributed by atoms with Gasteiger partial charge in [0.1, 0.15) is 5.01 Å². The highest BCUT2D eigenvalue weighted by Gasteiger charge is 2.50. The fraction of sp³-hybridized carbons (Fsp3) is 0.583. The fourth-order valence-corrected chi connectivity index (χ4v) is 6.54. The molecule has 0 N–H and O–H groups in total. The average molecular weight is 445 g/mol. The molecule has 6 nitrogen and oxygen atoms in total. The van der Waals surface area contributed by atoms with E-state index >= 15 is 0 Å². The molecule has 2 aliphatic rings. The van der Waals surface area contributed by atoms with E-state index in [0.717, 1.165) is 35.7 Å². The van der Waals surface area contributed by atoms with Crippen LogP contribution in [0.15, 0.2) is 17.5 Å². The number of carbonyl (C=O) groups is 1. The van der Waals surface area contributed by atoms with Gasteiger partial charge in [-0.15, -0.1) is 11.3 Å². The molecule has 0 spiro atoms. The Morgan fingerprint density at radius 1 is 1.13 bits per heavy atom. The van der Waals surface area contributed by atoms with Crippen molar-refractivity contribution >= 4 is 17.2 Å². The van der Waals surface area contributed by atoms with E-state index in [4.69, 9.17) is 19.2 Å². The summed E-state index contributed by atoms with van der Waals surface area (Å²) < 4.78 is 16.3. The number of methoxy groups -OCH3 is 3. The summed E-state index contributed by atoms with van der Waals surface area (Å²) >= 11 is 1.52. The number of carbonyl (C=O) groups excluding carboxylic acids is 1. The second kappa shape index (κ2) is 8.01. The highest BCUT2D eigenvalue weighted by atomic mass is 32.1. The van der Waals surface area contributed by atoms with E-state index in [9.17, 15) is 4.79 Å². The number of hydrogen-bond donors (Lipinski definition) is 0. The van der Waals surface area contributed by atoms with Crippen molar-refractivity contribution in [3.05, 3.63) is 23.2 Å². The molecule has 1 aromatic heterocycles. The average Bonchev–Trinajstić information content (AvgIpc) is 3.27. The van der Waals surface area contributed by atoms with Crippen molar-refractivity contribution in [3.8, 4) is 27.8 Å². The molecule has 1 aromatic carbocycles. The molecule has 2 atom stereocenters. The van der Waals surface area contributed by atoms with Crippen LogP contribution in [-0.2, 0) is 11.2 Å². The highest BCUT2D eigenvalue weighted by Crippen LogP contribution is 2.52. The molecule has 0 unspecified atom stereocenters. The molecule has 1 aliphatic heterocycles. The van der Waals surface area contributed by atoms with Gasteiger partial charge in [0.25, 0.3) is 0 Å². The van der Waals surface area contributed by atoms with Crippen LogP contribution >= 0.6 is 11.3 Å². The number of benzene rings is 1. The normalized spacial score (nSPS) is 24.2. The molecule has 1 aliphatic carbocycles. The second-order valence-corrected chi connectivity index (χ2v) is 10.8. The summed E-state index contributed by atoms with van der Waals surface area (Å²) in [7, 11) is 4.78.